The lowest BCUT2D eigenvalue weighted by atomic mass is 9.79. The molecule has 0 bridgehead atoms. The molecule has 0 saturated carbocycles. The van der Waals surface area contributed by atoms with Crippen molar-refractivity contribution in [3.05, 3.63) is 64.7 Å². The summed E-state index contributed by atoms with van der Waals surface area (Å²) in [6, 6.07) is 13.3. The number of fused-ring (bicyclic) bond motifs is 1. The first-order chi connectivity index (χ1) is 12.5. The van der Waals surface area contributed by atoms with Crippen LogP contribution in [-0.4, -0.2) is 30.6 Å². The lowest BCUT2D eigenvalue weighted by Gasteiger charge is -2.22. The maximum Gasteiger partial charge on any atom is 0.336 e. The van der Waals surface area contributed by atoms with E-state index in [-0.39, 0.29) is 16.5 Å². The van der Waals surface area contributed by atoms with Crippen LogP contribution in [0, 0.1) is 0 Å². The van der Waals surface area contributed by atoms with Crippen LogP contribution in [0.2, 0.25) is 0 Å². The zero-order chi connectivity index (χ0) is 18.6. The summed E-state index contributed by atoms with van der Waals surface area (Å²) in [6.45, 7) is 3.73. The van der Waals surface area contributed by atoms with Crippen molar-refractivity contribution in [1.29, 1.82) is 0 Å². The summed E-state index contributed by atoms with van der Waals surface area (Å²) < 4.78 is 11.5. The number of ether oxygens (including phenoxy) is 2. The molecule has 26 heavy (non-hydrogen) atoms. The minimum Gasteiger partial charge on any atom is -0.492 e. The first-order valence-corrected chi connectivity index (χ1v) is 8.65. The van der Waals surface area contributed by atoms with Crippen molar-refractivity contribution < 1.29 is 24.2 Å². The van der Waals surface area contributed by atoms with Crippen LogP contribution in [-0.2, 0) is 16.8 Å². The molecule has 0 saturated heterocycles. The van der Waals surface area contributed by atoms with Crippen molar-refractivity contribution in [3.63, 3.8) is 0 Å². The molecule has 1 atom stereocenters. The molecule has 1 aliphatic heterocycles. The van der Waals surface area contributed by atoms with Gasteiger partial charge in [0.2, 0.25) is 0 Å². The maximum absolute atomic E-state index is 11.4. The molecule has 0 aromatic heterocycles. The minimum absolute atomic E-state index is 0.0193. The van der Waals surface area contributed by atoms with Gasteiger partial charge in [0.15, 0.2) is 6.29 Å². The van der Waals surface area contributed by atoms with Gasteiger partial charge >= 0.3 is 5.97 Å². The fourth-order valence-corrected chi connectivity index (χ4v) is 3.38. The predicted molar refractivity (Wildman–Crippen MR) is 97.0 cm³/mol. The number of carbonyl (C=O) groups is 2. The summed E-state index contributed by atoms with van der Waals surface area (Å²) >= 11 is 0. The van der Waals surface area contributed by atoms with Gasteiger partial charge in [-0.25, -0.2) is 4.79 Å². The van der Waals surface area contributed by atoms with Crippen molar-refractivity contribution in [1.82, 2.24) is 0 Å². The van der Waals surface area contributed by atoms with Gasteiger partial charge in [0, 0.05) is 17.6 Å². The van der Waals surface area contributed by atoms with Crippen molar-refractivity contribution in [2.45, 2.75) is 31.8 Å². The highest BCUT2D eigenvalue weighted by molar-refractivity contribution is 5.99. The molecule has 2 aromatic carbocycles. The van der Waals surface area contributed by atoms with E-state index in [2.05, 4.69) is 6.92 Å². The third-order valence-corrected chi connectivity index (χ3v) is 4.86. The highest BCUT2D eigenvalue weighted by Gasteiger charge is 2.38. The van der Waals surface area contributed by atoms with Gasteiger partial charge in [0.25, 0.3) is 0 Å². The number of carbonyl (C=O) groups excluding carboxylic acids is 1. The second-order valence-corrected chi connectivity index (χ2v) is 6.82. The van der Waals surface area contributed by atoms with Crippen LogP contribution in [0.1, 0.15) is 51.6 Å². The average Bonchev–Trinajstić information content (AvgIpc) is 2.98. The molecular weight excluding hydrogens is 332 g/mol. The van der Waals surface area contributed by atoms with Gasteiger partial charge in [-0.3, -0.25) is 4.79 Å². The standard InChI is InChI=1S/C21H22O5/c1-21(10-5-11-25-13-15-6-3-2-4-7-15)14-26-19-17(12-22)16(20(23)24)8-9-18(19)21/h2-4,6-9,12H,5,10-11,13-14H2,1H3,(H,23,24). The summed E-state index contributed by atoms with van der Waals surface area (Å²) in [4.78, 5) is 22.6. The van der Waals surface area contributed by atoms with Crippen LogP contribution >= 0.6 is 0 Å². The zero-order valence-electron chi connectivity index (χ0n) is 14.7. The smallest absolute Gasteiger partial charge is 0.336 e. The minimum atomic E-state index is -1.12. The Morgan fingerprint density at radius 1 is 1.27 bits per heavy atom. The molecule has 0 amide bonds. The number of aromatic carboxylic acids is 1. The van der Waals surface area contributed by atoms with E-state index in [1.54, 1.807) is 6.07 Å². The summed E-state index contributed by atoms with van der Waals surface area (Å²) in [5.74, 6) is -0.714. The van der Waals surface area contributed by atoms with E-state index < -0.39 is 5.97 Å². The number of carboxylic acid groups (broad SMARTS) is 1. The highest BCUT2D eigenvalue weighted by atomic mass is 16.5. The summed E-state index contributed by atoms with van der Waals surface area (Å²) in [7, 11) is 0. The van der Waals surface area contributed by atoms with Gasteiger partial charge in [0.05, 0.1) is 24.3 Å². The fraction of sp³-hybridized carbons (Fsp3) is 0.333. The third-order valence-electron chi connectivity index (χ3n) is 4.86. The Bertz CT molecular complexity index is 800. The quantitative estimate of drug-likeness (QED) is 0.576. The average molecular weight is 354 g/mol. The van der Waals surface area contributed by atoms with Crippen molar-refractivity contribution in [3.8, 4) is 5.75 Å². The number of hydrogen-bond acceptors (Lipinski definition) is 4. The van der Waals surface area contributed by atoms with Crippen LogP contribution in [0.15, 0.2) is 42.5 Å². The molecule has 0 aliphatic carbocycles. The van der Waals surface area contributed by atoms with E-state index in [0.29, 0.717) is 31.9 Å². The topological polar surface area (TPSA) is 72.8 Å². The van der Waals surface area contributed by atoms with Gasteiger partial charge in [0.1, 0.15) is 5.75 Å². The molecule has 136 valence electrons. The Labute approximate surface area is 152 Å². The Kier molecular flexibility index (Phi) is 5.38. The molecule has 1 heterocycles. The van der Waals surface area contributed by atoms with Crippen LogP contribution in [0.4, 0.5) is 0 Å². The van der Waals surface area contributed by atoms with E-state index in [9.17, 15) is 14.7 Å². The Morgan fingerprint density at radius 3 is 2.73 bits per heavy atom. The monoisotopic (exact) mass is 354 g/mol. The largest absolute Gasteiger partial charge is 0.492 e. The second-order valence-electron chi connectivity index (χ2n) is 6.82. The lowest BCUT2D eigenvalue weighted by Crippen LogP contribution is -2.24. The molecular formula is C21H22O5. The van der Waals surface area contributed by atoms with Gasteiger partial charge in [-0.05, 0) is 24.5 Å². The molecule has 1 unspecified atom stereocenters. The third kappa shape index (κ3) is 3.63. The summed E-state index contributed by atoms with van der Waals surface area (Å²) in [6.07, 6.45) is 2.25. The van der Waals surface area contributed by atoms with Crippen LogP contribution < -0.4 is 4.74 Å². The van der Waals surface area contributed by atoms with Crippen molar-refractivity contribution in [2.75, 3.05) is 13.2 Å². The highest BCUT2D eigenvalue weighted by Crippen LogP contribution is 2.44. The van der Waals surface area contributed by atoms with Crippen molar-refractivity contribution in [2.24, 2.45) is 0 Å². The van der Waals surface area contributed by atoms with Gasteiger partial charge in [-0.1, -0.05) is 43.3 Å². The van der Waals surface area contributed by atoms with Crippen molar-refractivity contribution >= 4 is 12.3 Å². The van der Waals surface area contributed by atoms with E-state index in [4.69, 9.17) is 9.47 Å². The SMILES string of the molecule is CC1(CCCOCc2ccccc2)COc2c1ccc(C(=O)O)c2C=O. The lowest BCUT2D eigenvalue weighted by molar-refractivity contribution is 0.0693. The van der Waals surface area contributed by atoms with E-state index >= 15 is 0 Å². The number of rotatable bonds is 8. The van der Waals surface area contributed by atoms with Crippen LogP contribution in [0.5, 0.6) is 5.75 Å². The second kappa shape index (κ2) is 7.70. The molecule has 0 spiro atoms. The van der Waals surface area contributed by atoms with E-state index in [1.807, 2.05) is 30.3 Å². The molecule has 2 aromatic rings. The molecule has 5 heteroatoms. The molecule has 0 fully saturated rings. The van der Waals surface area contributed by atoms with Gasteiger partial charge < -0.3 is 14.6 Å². The first-order valence-electron chi connectivity index (χ1n) is 8.65. The van der Waals surface area contributed by atoms with Crippen LogP contribution in [0.25, 0.3) is 0 Å². The molecule has 1 N–H and O–H groups in total. The number of carboxylic acids is 1. The first kappa shape index (κ1) is 18.1. The molecule has 0 radical (unpaired) electrons. The number of benzene rings is 2. The molecule has 1 aliphatic rings. The predicted octanol–water partition coefficient (Wildman–Crippen LogP) is 3.84. The number of aldehydes is 1. The summed E-state index contributed by atoms with van der Waals surface area (Å²) in [5, 5.41) is 9.22. The van der Waals surface area contributed by atoms with E-state index in [1.165, 1.54) is 6.07 Å². The Hall–Kier alpha value is -2.66. The summed E-state index contributed by atoms with van der Waals surface area (Å²) in [5.41, 5.74) is 1.89. The molecule has 5 nitrogen and oxygen atoms in total. The maximum atomic E-state index is 11.4. The van der Waals surface area contributed by atoms with E-state index in [0.717, 1.165) is 24.0 Å². The van der Waals surface area contributed by atoms with Gasteiger partial charge in [-0.2, -0.15) is 0 Å². The normalized spacial score (nSPS) is 18.2. The zero-order valence-corrected chi connectivity index (χ0v) is 14.7. The number of hydrogen-bond donors (Lipinski definition) is 1. The van der Waals surface area contributed by atoms with Crippen LogP contribution in [0.3, 0.4) is 0 Å². The van der Waals surface area contributed by atoms with Gasteiger partial charge in [-0.15, -0.1) is 0 Å². The molecule has 3 rings (SSSR count). The Morgan fingerprint density at radius 2 is 2.04 bits per heavy atom. The fourth-order valence-electron chi connectivity index (χ4n) is 3.38. The Balaban J connectivity index is 1.62.